The van der Waals surface area contributed by atoms with Crippen molar-refractivity contribution < 1.29 is 5.11 Å². The first kappa shape index (κ1) is 7.11. The van der Waals surface area contributed by atoms with Crippen LogP contribution in [-0.4, -0.2) is 16.0 Å². The Labute approximate surface area is 69.9 Å². The van der Waals surface area contributed by atoms with E-state index in [0.29, 0.717) is 6.61 Å². The van der Waals surface area contributed by atoms with Gasteiger partial charge in [-0.3, -0.25) is 0 Å². The normalized spacial score (nSPS) is 52.2. The van der Waals surface area contributed by atoms with Crippen LogP contribution in [0.25, 0.3) is 0 Å². The quantitative estimate of drug-likeness (QED) is 0.648. The molecule has 0 saturated heterocycles. The summed E-state index contributed by atoms with van der Waals surface area (Å²) in [4.78, 5) is 0. The van der Waals surface area contributed by atoms with Crippen molar-refractivity contribution >= 4 is 15.9 Å². The Balaban J connectivity index is 2.14. The summed E-state index contributed by atoms with van der Waals surface area (Å²) in [6.45, 7) is 0.328. The smallest absolute Gasteiger partial charge is 0.0587 e. The number of aliphatic hydroxyl groups excluding tert-OH is 1. The van der Waals surface area contributed by atoms with Crippen molar-refractivity contribution in [2.24, 2.45) is 11.8 Å². The molecule has 0 radical (unpaired) electrons. The lowest BCUT2D eigenvalue weighted by molar-refractivity contribution is 0.207. The summed E-state index contributed by atoms with van der Waals surface area (Å²) >= 11 is 3.65. The number of hydrogen-bond acceptors (Lipinski definition) is 1. The first-order valence-electron chi connectivity index (χ1n) is 4.04. The van der Waals surface area contributed by atoms with E-state index in [2.05, 4.69) is 15.9 Å². The molecule has 1 nitrogen and oxygen atoms in total. The van der Waals surface area contributed by atoms with Gasteiger partial charge in [0.25, 0.3) is 0 Å². The second-order valence-corrected chi connectivity index (χ2v) is 5.35. The van der Waals surface area contributed by atoms with Crippen LogP contribution in [0.3, 0.4) is 0 Å². The molecule has 0 heterocycles. The maximum atomic E-state index is 9.10. The fraction of sp³-hybridized carbons (Fsp3) is 1.00. The zero-order valence-corrected chi connectivity index (χ0v) is 7.60. The summed E-state index contributed by atoms with van der Waals surface area (Å²) in [6, 6.07) is 0. The van der Waals surface area contributed by atoms with E-state index in [1.807, 2.05) is 0 Å². The van der Waals surface area contributed by atoms with Gasteiger partial charge in [0.2, 0.25) is 0 Å². The molecule has 2 saturated carbocycles. The van der Waals surface area contributed by atoms with E-state index in [1.165, 1.54) is 25.7 Å². The Morgan fingerprint density at radius 1 is 1.50 bits per heavy atom. The van der Waals surface area contributed by atoms with Crippen molar-refractivity contribution in [3.63, 3.8) is 0 Å². The third kappa shape index (κ3) is 0.850. The van der Waals surface area contributed by atoms with E-state index >= 15 is 0 Å². The third-order valence-corrected chi connectivity index (χ3v) is 4.39. The number of rotatable bonds is 1. The molecule has 0 unspecified atom stereocenters. The largest absolute Gasteiger partial charge is 0.395 e. The highest BCUT2D eigenvalue weighted by atomic mass is 79.9. The third-order valence-electron chi connectivity index (χ3n) is 3.16. The first-order valence-corrected chi connectivity index (χ1v) is 4.84. The molecular formula is C8H13BrO. The second-order valence-electron chi connectivity index (χ2n) is 3.77. The summed E-state index contributed by atoms with van der Waals surface area (Å²) in [5.74, 6) is 1.68. The van der Waals surface area contributed by atoms with Gasteiger partial charge in [-0.25, -0.2) is 0 Å². The zero-order valence-electron chi connectivity index (χ0n) is 6.02. The molecule has 0 aromatic rings. The Bertz CT molecular complexity index is 148. The van der Waals surface area contributed by atoms with Gasteiger partial charge in [-0.05, 0) is 31.1 Å². The molecule has 2 fully saturated rings. The average molecular weight is 205 g/mol. The second kappa shape index (κ2) is 2.21. The SMILES string of the molecule is OC[C@@]1(Br)C[C@@H]2CC[C@H]1C2. The summed E-state index contributed by atoms with van der Waals surface area (Å²) in [7, 11) is 0. The van der Waals surface area contributed by atoms with E-state index < -0.39 is 0 Å². The molecule has 0 spiro atoms. The highest BCUT2D eigenvalue weighted by Gasteiger charge is 2.48. The summed E-state index contributed by atoms with van der Waals surface area (Å²) < 4.78 is 0.121. The predicted molar refractivity (Wildman–Crippen MR) is 44.2 cm³/mol. The summed E-state index contributed by atoms with van der Waals surface area (Å²) in [5.41, 5.74) is 0. The molecule has 3 atom stereocenters. The Kier molecular flexibility index (Phi) is 1.57. The van der Waals surface area contributed by atoms with Gasteiger partial charge < -0.3 is 5.11 Å². The Morgan fingerprint density at radius 2 is 2.30 bits per heavy atom. The van der Waals surface area contributed by atoms with Crippen molar-refractivity contribution in [2.45, 2.75) is 30.0 Å². The van der Waals surface area contributed by atoms with Crippen LogP contribution in [0.1, 0.15) is 25.7 Å². The molecule has 2 bridgehead atoms. The molecule has 10 heavy (non-hydrogen) atoms. The average Bonchev–Trinajstić information content (AvgIpc) is 2.46. The Morgan fingerprint density at radius 3 is 2.60 bits per heavy atom. The van der Waals surface area contributed by atoms with Crippen LogP contribution < -0.4 is 0 Å². The molecule has 0 aromatic heterocycles. The van der Waals surface area contributed by atoms with Gasteiger partial charge in [0.1, 0.15) is 0 Å². The van der Waals surface area contributed by atoms with Crippen molar-refractivity contribution in [1.82, 2.24) is 0 Å². The van der Waals surface area contributed by atoms with Crippen LogP contribution in [0.4, 0.5) is 0 Å². The minimum absolute atomic E-state index is 0.121. The van der Waals surface area contributed by atoms with Crippen molar-refractivity contribution in [3.05, 3.63) is 0 Å². The molecular weight excluding hydrogens is 192 g/mol. The van der Waals surface area contributed by atoms with Gasteiger partial charge in [-0.2, -0.15) is 0 Å². The fourth-order valence-corrected chi connectivity index (χ4v) is 3.44. The molecule has 58 valence electrons. The maximum absolute atomic E-state index is 9.10. The summed E-state index contributed by atoms with van der Waals surface area (Å²) in [5, 5.41) is 9.10. The molecule has 2 aliphatic carbocycles. The van der Waals surface area contributed by atoms with Crippen LogP contribution in [0.2, 0.25) is 0 Å². The maximum Gasteiger partial charge on any atom is 0.0587 e. The predicted octanol–water partition coefficient (Wildman–Crippen LogP) is 1.93. The molecule has 0 amide bonds. The van der Waals surface area contributed by atoms with Gasteiger partial charge in [0, 0.05) is 0 Å². The van der Waals surface area contributed by atoms with E-state index in [-0.39, 0.29) is 4.32 Å². The number of halogens is 1. The van der Waals surface area contributed by atoms with Crippen molar-refractivity contribution in [2.75, 3.05) is 6.61 Å². The zero-order chi connectivity index (χ0) is 7.19. The number of hydrogen-bond donors (Lipinski definition) is 1. The van der Waals surface area contributed by atoms with Gasteiger partial charge in [-0.15, -0.1) is 0 Å². The van der Waals surface area contributed by atoms with Gasteiger partial charge in [0.05, 0.1) is 10.9 Å². The summed E-state index contributed by atoms with van der Waals surface area (Å²) in [6.07, 6.45) is 5.29. The lowest BCUT2D eigenvalue weighted by atomic mass is 9.89. The highest BCUT2D eigenvalue weighted by Crippen LogP contribution is 2.54. The van der Waals surface area contributed by atoms with Crippen molar-refractivity contribution in [1.29, 1.82) is 0 Å². The van der Waals surface area contributed by atoms with Gasteiger partial charge >= 0.3 is 0 Å². The minimum atomic E-state index is 0.121. The van der Waals surface area contributed by atoms with E-state index in [4.69, 9.17) is 5.11 Å². The van der Waals surface area contributed by atoms with E-state index in [0.717, 1.165) is 11.8 Å². The van der Waals surface area contributed by atoms with E-state index in [1.54, 1.807) is 0 Å². The van der Waals surface area contributed by atoms with Crippen molar-refractivity contribution in [3.8, 4) is 0 Å². The minimum Gasteiger partial charge on any atom is -0.395 e. The molecule has 2 heteroatoms. The molecule has 2 rings (SSSR count). The molecule has 0 aliphatic heterocycles. The lowest BCUT2D eigenvalue weighted by Gasteiger charge is -2.29. The fourth-order valence-electron chi connectivity index (χ4n) is 2.57. The highest BCUT2D eigenvalue weighted by molar-refractivity contribution is 9.10. The van der Waals surface area contributed by atoms with Gasteiger partial charge in [0.15, 0.2) is 0 Å². The van der Waals surface area contributed by atoms with Crippen LogP contribution >= 0.6 is 15.9 Å². The standard InChI is InChI=1S/C8H13BrO/c9-8(5-10)4-6-1-2-7(8)3-6/h6-7,10H,1-5H2/t6-,7+,8+/m1/s1. The van der Waals surface area contributed by atoms with Gasteiger partial charge in [-0.1, -0.05) is 22.4 Å². The Hall–Kier alpha value is 0.440. The number of alkyl halides is 1. The lowest BCUT2D eigenvalue weighted by Crippen LogP contribution is -2.32. The number of fused-ring (bicyclic) bond motifs is 2. The monoisotopic (exact) mass is 204 g/mol. The van der Waals surface area contributed by atoms with Crippen LogP contribution in [-0.2, 0) is 0 Å². The van der Waals surface area contributed by atoms with E-state index in [9.17, 15) is 0 Å². The van der Waals surface area contributed by atoms with Crippen LogP contribution in [0.15, 0.2) is 0 Å². The topological polar surface area (TPSA) is 20.2 Å². The van der Waals surface area contributed by atoms with Crippen LogP contribution in [0.5, 0.6) is 0 Å². The first-order chi connectivity index (χ1) is 4.74. The molecule has 0 aromatic carbocycles. The van der Waals surface area contributed by atoms with Crippen LogP contribution in [0, 0.1) is 11.8 Å². The molecule has 1 N–H and O–H groups in total. The number of aliphatic hydroxyl groups is 1. The molecule has 2 aliphatic rings.